The lowest BCUT2D eigenvalue weighted by Gasteiger charge is -2.52. The Hall–Kier alpha value is -7.94. The number of hydrogen-bond acceptors (Lipinski definition) is 2. The third kappa shape index (κ3) is 5.81. The molecule has 2 heteroatoms. The summed E-state index contributed by atoms with van der Waals surface area (Å²) < 4.78 is 0. The van der Waals surface area contributed by atoms with Crippen molar-refractivity contribution in [3.63, 3.8) is 0 Å². The number of hydrogen-bond donors (Lipinski definition) is 0. The number of fused-ring (bicyclic) bond motifs is 10. The molecule has 1 heterocycles. The molecule has 0 bridgehead atoms. The SMILES string of the molecule is CC1(C)C2=C(C=CCC2)C2C=CC(N(C3=CC4c5ccccc5N(c5ccccc5)C4C=C3)c3cccc(C4(C5C=CC=CC5)c5ccccc5C5(c6ccccc6)c6ccccc6-c6cccc4c65)c3)=CC21. The Balaban J connectivity index is 0.964. The predicted molar refractivity (Wildman–Crippen MR) is 301 cm³/mol. The van der Waals surface area contributed by atoms with Crippen molar-refractivity contribution < 1.29 is 0 Å². The molecule has 0 amide bonds. The summed E-state index contributed by atoms with van der Waals surface area (Å²) in [6.07, 6.45) is 32.7. The Morgan fingerprint density at radius 1 is 0.548 bits per heavy atom. The van der Waals surface area contributed by atoms with Crippen LogP contribution in [0.3, 0.4) is 0 Å². The lowest BCUT2D eigenvalue weighted by molar-refractivity contribution is 0.308. The lowest BCUT2D eigenvalue weighted by atomic mass is 9.49. The van der Waals surface area contributed by atoms with E-state index in [1.54, 1.807) is 11.1 Å². The Bertz CT molecular complexity index is 3690. The fraction of sp³-hybridized carbons (Fsp3) is 0.183. The van der Waals surface area contributed by atoms with E-state index in [4.69, 9.17) is 0 Å². The van der Waals surface area contributed by atoms with Crippen molar-refractivity contribution in [2.45, 2.75) is 55.9 Å². The van der Waals surface area contributed by atoms with Gasteiger partial charge in [0.2, 0.25) is 0 Å². The second kappa shape index (κ2) is 16.0. The molecule has 0 N–H and O–H groups in total. The topological polar surface area (TPSA) is 6.48 Å². The molecule has 7 aromatic carbocycles. The van der Waals surface area contributed by atoms with E-state index in [1.165, 1.54) is 84.1 Å². The molecule has 7 atom stereocenters. The van der Waals surface area contributed by atoms with Gasteiger partial charge in [0.1, 0.15) is 0 Å². The van der Waals surface area contributed by atoms with Gasteiger partial charge in [0.15, 0.2) is 0 Å². The summed E-state index contributed by atoms with van der Waals surface area (Å²) >= 11 is 0. The smallest absolute Gasteiger partial charge is 0.0719 e. The van der Waals surface area contributed by atoms with Crippen LogP contribution in [0.2, 0.25) is 0 Å². The molecule has 0 spiro atoms. The molecular formula is C71H58N2. The van der Waals surface area contributed by atoms with Crippen LogP contribution in [0, 0.1) is 23.2 Å². The number of para-hydroxylation sites is 2. The second-order valence-corrected chi connectivity index (χ2v) is 22.1. The first-order valence-electron chi connectivity index (χ1n) is 26.8. The van der Waals surface area contributed by atoms with Crippen LogP contribution in [0.5, 0.6) is 0 Å². The summed E-state index contributed by atoms with van der Waals surface area (Å²) in [6, 6.07) is 67.4. The average molecular weight is 939 g/mol. The van der Waals surface area contributed by atoms with Crippen LogP contribution in [0.25, 0.3) is 11.1 Å². The zero-order chi connectivity index (χ0) is 48.5. The summed E-state index contributed by atoms with van der Waals surface area (Å²) in [4.78, 5) is 5.17. The summed E-state index contributed by atoms with van der Waals surface area (Å²) in [5.74, 6) is 1.05. The van der Waals surface area contributed by atoms with E-state index in [9.17, 15) is 0 Å². The van der Waals surface area contributed by atoms with Crippen molar-refractivity contribution in [2.75, 3.05) is 9.80 Å². The molecule has 352 valence electrons. The fourth-order valence-corrected chi connectivity index (χ4v) is 15.6. The van der Waals surface area contributed by atoms with Crippen molar-refractivity contribution in [1.29, 1.82) is 0 Å². The molecule has 0 fully saturated rings. The van der Waals surface area contributed by atoms with Gasteiger partial charge in [0, 0.05) is 40.3 Å². The normalized spacial score (nSPS) is 26.8. The van der Waals surface area contributed by atoms with E-state index in [1.807, 2.05) is 0 Å². The molecule has 7 aromatic rings. The molecule has 0 aromatic heterocycles. The largest absolute Gasteiger partial charge is 0.333 e. The molecule has 7 aliphatic carbocycles. The van der Waals surface area contributed by atoms with E-state index < -0.39 is 10.8 Å². The molecule has 8 aliphatic rings. The van der Waals surface area contributed by atoms with Crippen LogP contribution in [0.4, 0.5) is 17.1 Å². The van der Waals surface area contributed by atoms with Crippen molar-refractivity contribution in [2.24, 2.45) is 23.2 Å². The Morgan fingerprint density at radius 3 is 2.10 bits per heavy atom. The van der Waals surface area contributed by atoms with Crippen LogP contribution < -0.4 is 9.80 Å². The van der Waals surface area contributed by atoms with Gasteiger partial charge in [-0.05, 0) is 140 Å². The molecule has 1 aliphatic heterocycles. The average Bonchev–Trinajstić information content (AvgIpc) is 4.16. The molecule has 0 radical (unpaired) electrons. The van der Waals surface area contributed by atoms with Crippen molar-refractivity contribution in [3.05, 3.63) is 316 Å². The number of anilines is 3. The van der Waals surface area contributed by atoms with Gasteiger partial charge in [-0.1, -0.05) is 226 Å². The predicted octanol–water partition coefficient (Wildman–Crippen LogP) is 16.8. The maximum absolute atomic E-state index is 2.65. The number of benzene rings is 7. The minimum Gasteiger partial charge on any atom is -0.333 e. The molecule has 0 saturated heterocycles. The van der Waals surface area contributed by atoms with Gasteiger partial charge >= 0.3 is 0 Å². The molecule has 73 heavy (non-hydrogen) atoms. The third-order valence-corrected chi connectivity index (χ3v) is 18.5. The van der Waals surface area contributed by atoms with Crippen molar-refractivity contribution >= 4 is 17.1 Å². The highest BCUT2D eigenvalue weighted by molar-refractivity contribution is 5.91. The van der Waals surface area contributed by atoms with Crippen LogP contribution in [-0.2, 0) is 10.8 Å². The minimum absolute atomic E-state index is 0.0456. The first-order valence-corrected chi connectivity index (χ1v) is 26.8. The molecule has 2 nitrogen and oxygen atoms in total. The first kappa shape index (κ1) is 42.7. The van der Waals surface area contributed by atoms with Gasteiger partial charge in [0.25, 0.3) is 0 Å². The molecular weight excluding hydrogens is 881 g/mol. The van der Waals surface area contributed by atoms with Crippen LogP contribution in [0.1, 0.15) is 83.5 Å². The summed E-state index contributed by atoms with van der Waals surface area (Å²) in [5.41, 5.74) is 22.0. The van der Waals surface area contributed by atoms with Crippen LogP contribution >= 0.6 is 0 Å². The highest BCUT2D eigenvalue weighted by Crippen LogP contribution is 2.67. The summed E-state index contributed by atoms with van der Waals surface area (Å²) in [5, 5.41) is 0. The van der Waals surface area contributed by atoms with E-state index in [0.717, 1.165) is 19.3 Å². The first-order chi connectivity index (χ1) is 36.0. The zero-order valence-electron chi connectivity index (χ0n) is 41.6. The monoisotopic (exact) mass is 938 g/mol. The van der Waals surface area contributed by atoms with E-state index >= 15 is 0 Å². The van der Waals surface area contributed by atoms with Gasteiger partial charge in [-0.2, -0.15) is 0 Å². The van der Waals surface area contributed by atoms with Gasteiger partial charge in [-0.25, -0.2) is 0 Å². The van der Waals surface area contributed by atoms with E-state index in [0.29, 0.717) is 11.8 Å². The minimum atomic E-state index is -0.529. The number of allylic oxidation sites excluding steroid dienone is 12. The van der Waals surface area contributed by atoms with Crippen molar-refractivity contribution in [1.82, 2.24) is 0 Å². The summed E-state index contributed by atoms with van der Waals surface area (Å²) in [6.45, 7) is 5.01. The number of nitrogens with zero attached hydrogens (tertiary/aromatic N) is 2. The fourth-order valence-electron chi connectivity index (χ4n) is 15.6. The van der Waals surface area contributed by atoms with Crippen LogP contribution in [0.15, 0.2) is 271 Å². The van der Waals surface area contributed by atoms with Crippen LogP contribution in [-0.4, -0.2) is 6.04 Å². The van der Waals surface area contributed by atoms with E-state index in [-0.39, 0.29) is 23.3 Å². The zero-order valence-corrected chi connectivity index (χ0v) is 41.6. The second-order valence-electron chi connectivity index (χ2n) is 22.1. The van der Waals surface area contributed by atoms with Gasteiger partial charge in [0.05, 0.1) is 16.9 Å². The highest BCUT2D eigenvalue weighted by Gasteiger charge is 2.59. The Labute approximate surface area is 430 Å². The quantitative estimate of drug-likeness (QED) is 0.157. The molecule has 7 unspecified atom stereocenters. The van der Waals surface area contributed by atoms with E-state index in [2.05, 4.69) is 272 Å². The standard InChI is InChI=1S/C71H58N2/c1-69(2)60-34-15-12-30-54(60)56-42-40-53(46-65(56)69)72(52-41-43-67-59(45-52)57-32-14-19-39-66(57)73(67)50-27-10-5-11-28-50)51-29-20-26-49(44-51)70(47-22-6-3-7-23-47)62-36-17-18-37-63(62)71(48-24-8-4-9-25-48)61-35-16-13-31-55(61)58-33-21-38-64(70)68(58)71/h3-14,16-22,24-33,35-47,56,59,65,67H,15,23,34H2,1-2H3. The Morgan fingerprint density at radius 2 is 1.25 bits per heavy atom. The van der Waals surface area contributed by atoms with Crippen molar-refractivity contribution in [3.8, 4) is 11.1 Å². The maximum atomic E-state index is 2.65. The number of rotatable bonds is 7. The Kier molecular flexibility index (Phi) is 9.38. The lowest BCUT2D eigenvalue weighted by Crippen LogP contribution is -2.47. The van der Waals surface area contributed by atoms with Gasteiger partial charge in [-0.3, -0.25) is 0 Å². The van der Waals surface area contributed by atoms with Gasteiger partial charge in [-0.15, -0.1) is 0 Å². The van der Waals surface area contributed by atoms with Gasteiger partial charge < -0.3 is 9.80 Å². The molecule has 15 rings (SSSR count). The molecule has 0 saturated carbocycles. The third-order valence-electron chi connectivity index (χ3n) is 18.5. The summed E-state index contributed by atoms with van der Waals surface area (Å²) in [7, 11) is 0. The highest BCUT2D eigenvalue weighted by atomic mass is 15.2. The maximum Gasteiger partial charge on any atom is 0.0719 e.